The minimum Gasteiger partial charge on any atom is -0.480 e. The molecule has 0 aliphatic carbocycles. The number of nitrogens with one attached hydrogen (secondary N) is 1. The number of carbonyl (C=O) groups is 1. The summed E-state index contributed by atoms with van der Waals surface area (Å²) in [6, 6.07) is -0.150. The minimum atomic E-state index is -2.66. The fourth-order valence-electron chi connectivity index (χ4n) is 1.73. The molecule has 1 aromatic heterocycles. The van der Waals surface area contributed by atoms with Gasteiger partial charge >= 0.3 is 6.09 Å². The van der Waals surface area contributed by atoms with Gasteiger partial charge in [0.25, 0.3) is 0 Å². The molecule has 7 nitrogen and oxygen atoms in total. The van der Waals surface area contributed by atoms with Crippen molar-refractivity contribution < 1.29 is 18.8 Å². The van der Waals surface area contributed by atoms with Gasteiger partial charge in [0.2, 0.25) is 11.8 Å². The van der Waals surface area contributed by atoms with Crippen LogP contribution in [-0.4, -0.2) is 52.2 Å². The van der Waals surface area contributed by atoms with E-state index in [4.69, 9.17) is 20.8 Å². The van der Waals surface area contributed by atoms with Crippen molar-refractivity contribution in [3.8, 4) is 5.88 Å². The Balaban J connectivity index is 2.04. The number of hydrogen-bond donors (Lipinski definition) is 2. The smallest absolute Gasteiger partial charge is 0.407 e. The van der Waals surface area contributed by atoms with E-state index in [1.54, 1.807) is 0 Å². The molecule has 1 atom stereocenters. The summed E-state index contributed by atoms with van der Waals surface area (Å²) in [7, 11) is -2.66. The van der Waals surface area contributed by atoms with Crippen LogP contribution in [0.1, 0.15) is 10.5 Å². The molecule has 1 saturated heterocycles. The van der Waals surface area contributed by atoms with E-state index in [2.05, 4.69) is 20.0 Å². The molecular formula is C10H13ClN4O3. The van der Waals surface area contributed by atoms with Gasteiger partial charge in [0.1, 0.15) is 5.02 Å². The third-order valence-corrected chi connectivity index (χ3v) is 2.86. The van der Waals surface area contributed by atoms with Gasteiger partial charge in [-0.3, -0.25) is 0 Å². The Hall–Kier alpha value is -1.76. The van der Waals surface area contributed by atoms with Gasteiger partial charge in [-0.15, -0.1) is 0 Å². The molecular weight excluding hydrogens is 260 g/mol. The topological polar surface area (TPSA) is 87.6 Å². The number of rotatable bonds is 3. The summed E-state index contributed by atoms with van der Waals surface area (Å²) in [4.78, 5) is 19.9. The quantitative estimate of drug-likeness (QED) is 0.865. The Labute approximate surface area is 113 Å². The zero-order valence-corrected chi connectivity index (χ0v) is 10.0. The molecule has 1 fully saturated rings. The molecule has 8 heteroatoms. The second-order valence-electron chi connectivity index (χ2n) is 3.81. The Morgan fingerprint density at radius 3 is 3.33 bits per heavy atom. The predicted octanol–water partition coefficient (Wildman–Crippen LogP) is 1.30. The zero-order chi connectivity index (χ0) is 15.6. The van der Waals surface area contributed by atoms with Gasteiger partial charge in [0.05, 0.1) is 17.3 Å². The molecule has 1 unspecified atom stereocenters. The highest BCUT2D eigenvalue weighted by Crippen LogP contribution is 2.22. The lowest BCUT2D eigenvalue weighted by atomic mass is 10.3. The van der Waals surface area contributed by atoms with Crippen molar-refractivity contribution in [3.63, 3.8) is 0 Å². The highest BCUT2D eigenvalue weighted by atomic mass is 35.5. The fourth-order valence-corrected chi connectivity index (χ4v) is 1.86. The van der Waals surface area contributed by atoms with E-state index in [0.717, 1.165) is 0 Å². The second kappa shape index (κ2) is 5.26. The summed E-state index contributed by atoms with van der Waals surface area (Å²) in [5.74, 6) is -0.113. The maximum Gasteiger partial charge on any atom is 0.407 e. The lowest BCUT2D eigenvalue weighted by Gasteiger charge is -2.14. The van der Waals surface area contributed by atoms with Crippen LogP contribution in [0.2, 0.25) is 5.02 Å². The minimum absolute atomic E-state index is 0.0183. The summed E-state index contributed by atoms with van der Waals surface area (Å²) in [6.45, 7) is 0.718. The van der Waals surface area contributed by atoms with Crippen LogP contribution in [0, 0.1) is 0 Å². The third kappa shape index (κ3) is 2.73. The first-order valence-electron chi connectivity index (χ1n) is 6.70. The molecule has 0 spiro atoms. The summed E-state index contributed by atoms with van der Waals surface area (Å²) in [5, 5.41) is 11.8. The van der Waals surface area contributed by atoms with Gasteiger partial charge in [0.15, 0.2) is 0 Å². The SMILES string of the molecule is [2H]C([2H])([2H])Oc1nc(NC2CCN(C(=O)O)C2)ncc1Cl. The van der Waals surface area contributed by atoms with Crippen molar-refractivity contribution in [2.24, 2.45) is 0 Å². The zero-order valence-electron chi connectivity index (χ0n) is 12.3. The van der Waals surface area contributed by atoms with E-state index in [-0.39, 0.29) is 22.9 Å². The number of carboxylic acid groups (broad SMARTS) is 1. The normalized spacial score (nSPS) is 21.9. The molecule has 0 bridgehead atoms. The molecule has 1 aliphatic heterocycles. The van der Waals surface area contributed by atoms with Crippen LogP contribution >= 0.6 is 11.6 Å². The van der Waals surface area contributed by atoms with Crippen LogP contribution in [0.4, 0.5) is 10.7 Å². The number of amides is 1. The largest absolute Gasteiger partial charge is 0.480 e. The number of aromatic nitrogens is 2. The van der Waals surface area contributed by atoms with Crippen molar-refractivity contribution in [3.05, 3.63) is 11.2 Å². The molecule has 0 radical (unpaired) electrons. The van der Waals surface area contributed by atoms with Gasteiger partial charge < -0.3 is 20.1 Å². The molecule has 1 aliphatic rings. The van der Waals surface area contributed by atoms with Gasteiger partial charge in [-0.1, -0.05) is 11.6 Å². The van der Waals surface area contributed by atoms with Crippen molar-refractivity contribution in [2.75, 3.05) is 25.4 Å². The van der Waals surface area contributed by atoms with Gasteiger partial charge in [-0.2, -0.15) is 4.98 Å². The monoisotopic (exact) mass is 275 g/mol. The van der Waals surface area contributed by atoms with Gasteiger partial charge in [0, 0.05) is 19.1 Å². The van der Waals surface area contributed by atoms with Crippen molar-refractivity contribution in [1.29, 1.82) is 0 Å². The van der Waals surface area contributed by atoms with E-state index in [9.17, 15) is 4.79 Å². The summed E-state index contributed by atoms with van der Waals surface area (Å²) in [5.41, 5.74) is 0. The molecule has 18 heavy (non-hydrogen) atoms. The lowest BCUT2D eigenvalue weighted by Crippen LogP contribution is -2.30. The molecule has 0 aromatic carbocycles. The lowest BCUT2D eigenvalue weighted by molar-refractivity contribution is 0.155. The van der Waals surface area contributed by atoms with E-state index >= 15 is 0 Å². The maximum absolute atomic E-state index is 10.8. The van der Waals surface area contributed by atoms with Gasteiger partial charge in [-0.25, -0.2) is 9.78 Å². The van der Waals surface area contributed by atoms with E-state index in [1.807, 2.05) is 0 Å². The Kier molecular flexibility index (Phi) is 2.69. The van der Waals surface area contributed by atoms with Crippen LogP contribution in [0.25, 0.3) is 0 Å². The Bertz CT molecular complexity index is 543. The molecule has 2 rings (SSSR count). The number of nitrogens with zero attached hydrogens (tertiary/aromatic N) is 3. The van der Waals surface area contributed by atoms with Crippen LogP contribution in [0.15, 0.2) is 6.20 Å². The average molecular weight is 276 g/mol. The molecule has 1 aromatic rings. The first kappa shape index (κ1) is 9.21. The van der Waals surface area contributed by atoms with Crippen molar-refractivity contribution in [2.45, 2.75) is 12.5 Å². The number of ether oxygens (including phenoxy) is 1. The molecule has 0 saturated carbocycles. The highest BCUT2D eigenvalue weighted by molar-refractivity contribution is 6.31. The van der Waals surface area contributed by atoms with Crippen LogP contribution in [0.5, 0.6) is 5.88 Å². The third-order valence-electron chi connectivity index (χ3n) is 2.60. The van der Waals surface area contributed by atoms with E-state index in [0.29, 0.717) is 19.5 Å². The molecule has 2 heterocycles. The highest BCUT2D eigenvalue weighted by Gasteiger charge is 2.26. The number of methoxy groups -OCH3 is 1. The Morgan fingerprint density at radius 2 is 2.67 bits per heavy atom. The summed E-state index contributed by atoms with van der Waals surface area (Å²) >= 11 is 5.77. The summed E-state index contributed by atoms with van der Waals surface area (Å²) < 4.78 is 25.8. The number of halogens is 1. The average Bonchev–Trinajstić information content (AvgIpc) is 2.80. The maximum atomic E-state index is 10.8. The fraction of sp³-hybridized carbons (Fsp3) is 0.500. The number of anilines is 1. The number of hydrogen-bond acceptors (Lipinski definition) is 5. The van der Waals surface area contributed by atoms with Crippen molar-refractivity contribution in [1.82, 2.24) is 14.9 Å². The van der Waals surface area contributed by atoms with Gasteiger partial charge in [-0.05, 0) is 6.42 Å². The standard InChI is InChI=1S/C10H13ClN4O3/c1-18-8-7(11)4-12-9(14-8)13-6-2-3-15(5-6)10(16)17/h4,6H,2-3,5H2,1H3,(H,16,17)(H,12,13,14)/i1D3. The van der Waals surface area contributed by atoms with Crippen LogP contribution in [0.3, 0.4) is 0 Å². The van der Waals surface area contributed by atoms with E-state index in [1.165, 1.54) is 11.1 Å². The predicted molar refractivity (Wildman–Crippen MR) is 65.2 cm³/mol. The Morgan fingerprint density at radius 1 is 1.83 bits per heavy atom. The number of likely N-dealkylation sites (tertiary alicyclic amines) is 1. The van der Waals surface area contributed by atoms with Crippen LogP contribution in [-0.2, 0) is 0 Å². The van der Waals surface area contributed by atoms with Crippen LogP contribution < -0.4 is 10.1 Å². The van der Waals surface area contributed by atoms with E-state index < -0.39 is 13.1 Å². The molecule has 98 valence electrons. The first-order chi connectivity index (χ1) is 9.74. The molecule has 2 N–H and O–H groups in total. The summed E-state index contributed by atoms with van der Waals surface area (Å²) in [6.07, 6.45) is 0.845. The molecule has 1 amide bonds. The van der Waals surface area contributed by atoms with Crippen molar-refractivity contribution >= 4 is 23.6 Å². The first-order valence-corrected chi connectivity index (χ1v) is 5.58. The second-order valence-corrected chi connectivity index (χ2v) is 4.21.